The van der Waals surface area contributed by atoms with Crippen LogP contribution >= 0.6 is 11.6 Å². The Bertz CT molecular complexity index is 600. The van der Waals surface area contributed by atoms with Crippen LogP contribution in [0.4, 0.5) is 0 Å². The molecule has 0 heterocycles. The Labute approximate surface area is 183 Å². The summed E-state index contributed by atoms with van der Waals surface area (Å²) >= 11 is 6.41. The van der Waals surface area contributed by atoms with Crippen molar-refractivity contribution in [1.29, 1.82) is 0 Å². The van der Waals surface area contributed by atoms with E-state index in [4.69, 9.17) is 22.1 Å². The average molecular weight is 423 g/mol. The van der Waals surface area contributed by atoms with Crippen LogP contribution < -0.4 is 10.5 Å². The SMILES string of the molecule is CCCCCCCCCCCCC(Oc1ccc(C(C)(C)CC)cc1Cl)C([NH])=O. The minimum Gasteiger partial charge on any atom is -0.479 e. The summed E-state index contributed by atoms with van der Waals surface area (Å²) in [5.41, 5.74) is 8.74. The first kappa shape index (κ1) is 25.8. The zero-order chi connectivity index (χ0) is 21.7. The Morgan fingerprint density at radius 1 is 1.00 bits per heavy atom. The highest BCUT2D eigenvalue weighted by molar-refractivity contribution is 6.32. The van der Waals surface area contributed by atoms with Gasteiger partial charge in [0.25, 0.3) is 5.91 Å². The number of unbranched alkanes of at least 4 members (excludes halogenated alkanes) is 9. The zero-order valence-electron chi connectivity index (χ0n) is 19.0. The number of rotatable bonds is 16. The van der Waals surface area contributed by atoms with Crippen molar-refractivity contribution in [3.63, 3.8) is 0 Å². The third-order valence-corrected chi connectivity index (χ3v) is 6.27. The predicted octanol–water partition coefficient (Wildman–Crippen LogP) is 7.90. The van der Waals surface area contributed by atoms with Crippen molar-refractivity contribution in [2.24, 2.45) is 0 Å². The molecule has 1 radical (unpaired) electrons. The van der Waals surface area contributed by atoms with Crippen LogP contribution in [0.3, 0.4) is 0 Å². The van der Waals surface area contributed by atoms with Gasteiger partial charge in [0.1, 0.15) is 5.75 Å². The Morgan fingerprint density at radius 3 is 2.03 bits per heavy atom. The fraction of sp³-hybridized carbons (Fsp3) is 0.720. The van der Waals surface area contributed by atoms with Gasteiger partial charge in [0.05, 0.1) is 5.02 Å². The topological polar surface area (TPSA) is 50.1 Å². The molecule has 0 bridgehead atoms. The van der Waals surface area contributed by atoms with E-state index in [0.717, 1.165) is 24.8 Å². The second kappa shape index (κ2) is 13.9. The summed E-state index contributed by atoms with van der Waals surface area (Å²) < 4.78 is 5.82. The Hall–Kier alpha value is -1.22. The molecule has 1 amide bonds. The van der Waals surface area contributed by atoms with Crippen molar-refractivity contribution >= 4 is 17.5 Å². The maximum absolute atomic E-state index is 11.7. The molecule has 0 aliphatic heterocycles. The molecule has 1 atom stereocenters. The molecule has 0 saturated heterocycles. The Morgan fingerprint density at radius 2 is 1.55 bits per heavy atom. The van der Waals surface area contributed by atoms with E-state index in [1.807, 2.05) is 18.2 Å². The second-order valence-electron chi connectivity index (χ2n) is 8.82. The van der Waals surface area contributed by atoms with Crippen LogP contribution in [0.5, 0.6) is 5.75 Å². The lowest BCUT2D eigenvalue weighted by atomic mass is 9.82. The highest BCUT2D eigenvalue weighted by Crippen LogP contribution is 2.34. The molecular weight excluding hydrogens is 382 g/mol. The first-order valence-corrected chi connectivity index (χ1v) is 11.9. The number of carbonyl (C=O) groups is 1. The predicted molar refractivity (Wildman–Crippen MR) is 124 cm³/mol. The van der Waals surface area contributed by atoms with Gasteiger partial charge in [-0.05, 0) is 42.4 Å². The Balaban J connectivity index is 2.40. The van der Waals surface area contributed by atoms with Crippen LogP contribution in [0.2, 0.25) is 5.02 Å². The zero-order valence-corrected chi connectivity index (χ0v) is 19.7. The largest absolute Gasteiger partial charge is 0.479 e. The minimum absolute atomic E-state index is 0.0445. The molecule has 0 aliphatic carbocycles. The summed E-state index contributed by atoms with van der Waals surface area (Å²) in [5.74, 6) is -0.171. The molecule has 0 aromatic heterocycles. The van der Waals surface area contributed by atoms with Gasteiger partial charge >= 0.3 is 0 Å². The Kier molecular flexibility index (Phi) is 12.4. The van der Waals surface area contributed by atoms with E-state index in [9.17, 15) is 4.79 Å². The number of amides is 1. The van der Waals surface area contributed by atoms with Crippen LogP contribution in [-0.4, -0.2) is 12.0 Å². The van der Waals surface area contributed by atoms with E-state index in [-0.39, 0.29) is 5.41 Å². The smallest absolute Gasteiger partial charge is 0.279 e. The average Bonchev–Trinajstić information content (AvgIpc) is 2.69. The quantitative estimate of drug-likeness (QED) is 0.254. The highest BCUT2D eigenvalue weighted by atomic mass is 35.5. The van der Waals surface area contributed by atoms with E-state index in [0.29, 0.717) is 17.2 Å². The summed E-state index contributed by atoms with van der Waals surface area (Å²) in [6.07, 6.45) is 13.3. The summed E-state index contributed by atoms with van der Waals surface area (Å²) in [6, 6.07) is 5.77. The van der Waals surface area contributed by atoms with E-state index >= 15 is 0 Å². The van der Waals surface area contributed by atoms with E-state index < -0.39 is 12.0 Å². The minimum atomic E-state index is -0.730. The van der Waals surface area contributed by atoms with E-state index in [1.54, 1.807) is 0 Å². The van der Waals surface area contributed by atoms with Crippen molar-refractivity contribution < 1.29 is 9.53 Å². The fourth-order valence-electron chi connectivity index (χ4n) is 3.44. The van der Waals surface area contributed by atoms with Gasteiger partial charge in [-0.3, -0.25) is 10.5 Å². The molecule has 3 nitrogen and oxygen atoms in total. The molecule has 1 aromatic carbocycles. The van der Waals surface area contributed by atoms with Crippen molar-refractivity contribution in [3.8, 4) is 5.75 Å². The lowest BCUT2D eigenvalue weighted by molar-refractivity contribution is -0.125. The van der Waals surface area contributed by atoms with Crippen LogP contribution in [0.25, 0.3) is 0 Å². The van der Waals surface area contributed by atoms with Gasteiger partial charge in [0.2, 0.25) is 0 Å². The molecule has 1 aromatic rings. The summed E-state index contributed by atoms with van der Waals surface area (Å²) in [7, 11) is 0. The van der Waals surface area contributed by atoms with Crippen LogP contribution in [0.1, 0.15) is 110 Å². The van der Waals surface area contributed by atoms with Gasteiger partial charge in [-0.25, -0.2) is 0 Å². The van der Waals surface area contributed by atoms with Gasteiger partial charge in [-0.15, -0.1) is 0 Å². The van der Waals surface area contributed by atoms with Gasteiger partial charge in [0.15, 0.2) is 6.10 Å². The maximum Gasteiger partial charge on any atom is 0.279 e. The molecule has 0 fully saturated rings. The lowest BCUT2D eigenvalue weighted by Gasteiger charge is -2.24. The normalized spacial score (nSPS) is 12.7. The molecule has 1 unspecified atom stereocenters. The summed E-state index contributed by atoms with van der Waals surface area (Å²) in [6.45, 7) is 8.76. The number of carbonyl (C=O) groups excluding carboxylic acids is 1. The molecule has 0 spiro atoms. The number of nitrogens with one attached hydrogen (secondary N) is 1. The van der Waals surface area contributed by atoms with Crippen molar-refractivity contribution in [2.75, 3.05) is 0 Å². The molecule has 0 aliphatic rings. The van der Waals surface area contributed by atoms with Gasteiger partial charge < -0.3 is 4.74 Å². The van der Waals surface area contributed by atoms with Crippen LogP contribution in [0.15, 0.2) is 18.2 Å². The number of halogens is 1. The standard InChI is InChI=1S/C25H41ClNO2/c1-5-7-8-9-10-11-12-13-14-15-16-23(24(27)28)29-22-18-17-20(19-21(22)26)25(3,4)6-2/h17-19,23,27H,5-16H2,1-4H3. The number of hydrogen-bond donors (Lipinski definition) is 0. The monoisotopic (exact) mass is 422 g/mol. The van der Waals surface area contributed by atoms with Gasteiger partial charge in [0, 0.05) is 0 Å². The van der Waals surface area contributed by atoms with Crippen molar-refractivity contribution in [3.05, 3.63) is 28.8 Å². The highest BCUT2D eigenvalue weighted by Gasteiger charge is 2.22. The van der Waals surface area contributed by atoms with E-state index in [2.05, 4.69) is 27.7 Å². The first-order chi connectivity index (χ1) is 13.8. The van der Waals surface area contributed by atoms with Crippen molar-refractivity contribution in [1.82, 2.24) is 5.73 Å². The molecule has 0 saturated carbocycles. The molecule has 165 valence electrons. The molecule has 29 heavy (non-hydrogen) atoms. The second-order valence-corrected chi connectivity index (χ2v) is 9.23. The van der Waals surface area contributed by atoms with Crippen LogP contribution in [-0.2, 0) is 10.2 Å². The molecule has 1 N–H and O–H groups in total. The third-order valence-electron chi connectivity index (χ3n) is 5.98. The number of ether oxygens (including phenoxy) is 1. The van der Waals surface area contributed by atoms with Gasteiger partial charge in [-0.1, -0.05) is 103 Å². The summed E-state index contributed by atoms with van der Waals surface area (Å²) in [4.78, 5) is 11.7. The lowest BCUT2D eigenvalue weighted by Crippen LogP contribution is -2.28. The number of hydrogen-bond acceptors (Lipinski definition) is 2. The molecule has 1 rings (SSSR count). The molecular formula is C25H41ClNO2. The maximum atomic E-state index is 11.7. The fourth-order valence-corrected chi connectivity index (χ4v) is 3.66. The first-order valence-electron chi connectivity index (χ1n) is 11.5. The van der Waals surface area contributed by atoms with Gasteiger partial charge in [-0.2, -0.15) is 0 Å². The number of benzene rings is 1. The van der Waals surface area contributed by atoms with Crippen molar-refractivity contribution in [2.45, 2.75) is 116 Å². The third kappa shape index (κ3) is 9.89. The van der Waals surface area contributed by atoms with E-state index in [1.165, 1.54) is 51.4 Å². The summed E-state index contributed by atoms with van der Waals surface area (Å²) in [5, 5.41) is 0.512. The van der Waals surface area contributed by atoms with Crippen LogP contribution in [0, 0.1) is 0 Å². The molecule has 4 heteroatoms.